The van der Waals surface area contributed by atoms with E-state index in [2.05, 4.69) is 35.0 Å². The van der Waals surface area contributed by atoms with E-state index in [4.69, 9.17) is 0 Å². The molecule has 0 aromatic heterocycles. The van der Waals surface area contributed by atoms with Gasteiger partial charge in [-0.1, -0.05) is 38.3 Å². The summed E-state index contributed by atoms with van der Waals surface area (Å²) in [5.41, 5.74) is 1.29. The second-order valence-corrected chi connectivity index (χ2v) is 10.6. The number of carbonyl (C=O) groups is 1. The van der Waals surface area contributed by atoms with E-state index < -0.39 is 0 Å². The fraction of sp³-hybridized carbons (Fsp3) is 0.741. The number of nitrogens with zero attached hydrogens (tertiary/aromatic N) is 2. The summed E-state index contributed by atoms with van der Waals surface area (Å²) in [7, 11) is 0. The standard InChI is InChI=1S/C27H43N3O2/c1-3-20(2)28-27(32)29(19-21-8-5-4-6-9-21)14-15-30-24-12-13-25(30)17-23(16-24)22-10-7-11-26(31)18-22/h7,10-11,18,20-21,23-25,31H,3-6,8-9,12-17,19H2,1-2H3,(H,28,32)/t20?,23-,24+,25-. The average Bonchev–Trinajstić information content (AvgIpc) is 3.03. The molecule has 2 aliphatic heterocycles. The highest BCUT2D eigenvalue weighted by molar-refractivity contribution is 5.74. The SMILES string of the molecule is CCC(C)NC(=O)N(CCN1[C@@H]2CC[C@H]1C[C@@H](c1cccc(O)c1)C2)CC1CCCCC1. The number of rotatable bonds is 8. The number of hydrogen-bond acceptors (Lipinski definition) is 3. The summed E-state index contributed by atoms with van der Waals surface area (Å²) >= 11 is 0. The van der Waals surface area contributed by atoms with Gasteiger partial charge in [0.1, 0.15) is 5.75 Å². The minimum Gasteiger partial charge on any atom is -0.508 e. The first kappa shape index (κ1) is 23.4. The summed E-state index contributed by atoms with van der Waals surface area (Å²) in [6, 6.07) is 9.43. The molecule has 178 valence electrons. The fourth-order valence-corrected chi connectivity index (χ4v) is 6.29. The molecule has 5 heteroatoms. The first-order chi connectivity index (χ1) is 15.5. The van der Waals surface area contributed by atoms with Gasteiger partial charge in [0.05, 0.1) is 0 Å². The van der Waals surface area contributed by atoms with Crippen molar-refractivity contribution in [1.82, 2.24) is 15.1 Å². The van der Waals surface area contributed by atoms with E-state index in [1.807, 2.05) is 12.1 Å². The number of piperidine rings is 1. The number of carbonyl (C=O) groups excluding carboxylic acids is 1. The van der Waals surface area contributed by atoms with Gasteiger partial charge in [-0.2, -0.15) is 0 Å². The largest absolute Gasteiger partial charge is 0.508 e. The Morgan fingerprint density at radius 1 is 1.16 bits per heavy atom. The van der Waals surface area contributed by atoms with E-state index in [9.17, 15) is 9.90 Å². The number of aromatic hydroxyl groups is 1. The van der Waals surface area contributed by atoms with Crippen LogP contribution >= 0.6 is 0 Å². The zero-order chi connectivity index (χ0) is 22.5. The Balaban J connectivity index is 1.36. The van der Waals surface area contributed by atoms with Crippen LogP contribution in [0.2, 0.25) is 0 Å². The predicted octanol–water partition coefficient (Wildman–Crippen LogP) is 5.49. The second-order valence-electron chi connectivity index (χ2n) is 10.6. The molecular formula is C27H43N3O2. The first-order valence-electron chi connectivity index (χ1n) is 13.1. The number of hydrogen-bond donors (Lipinski definition) is 2. The molecule has 1 aromatic rings. The van der Waals surface area contributed by atoms with Crippen molar-refractivity contribution in [1.29, 1.82) is 0 Å². The molecule has 5 nitrogen and oxygen atoms in total. The predicted molar refractivity (Wildman–Crippen MR) is 130 cm³/mol. The van der Waals surface area contributed by atoms with Crippen LogP contribution in [-0.4, -0.2) is 58.7 Å². The third kappa shape index (κ3) is 5.78. The molecule has 2 amide bonds. The Hall–Kier alpha value is -1.75. The second kappa shape index (κ2) is 10.9. The zero-order valence-electron chi connectivity index (χ0n) is 20.1. The highest BCUT2D eigenvalue weighted by Crippen LogP contribution is 2.43. The third-order valence-corrected chi connectivity index (χ3v) is 8.33. The van der Waals surface area contributed by atoms with Crippen molar-refractivity contribution in [2.75, 3.05) is 19.6 Å². The van der Waals surface area contributed by atoms with Gasteiger partial charge in [-0.05, 0) is 81.4 Å². The molecule has 2 saturated heterocycles. The van der Waals surface area contributed by atoms with E-state index in [0.717, 1.165) is 26.1 Å². The summed E-state index contributed by atoms with van der Waals surface area (Å²) in [6.45, 7) is 6.97. The van der Waals surface area contributed by atoms with E-state index in [0.29, 0.717) is 29.7 Å². The molecule has 3 fully saturated rings. The van der Waals surface area contributed by atoms with Gasteiger partial charge < -0.3 is 15.3 Å². The Labute approximate surface area is 194 Å². The van der Waals surface area contributed by atoms with Gasteiger partial charge in [0, 0.05) is 37.8 Å². The van der Waals surface area contributed by atoms with E-state index in [-0.39, 0.29) is 12.1 Å². The molecule has 1 unspecified atom stereocenters. The van der Waals surface area contributed by atoms with E-state index in [1.165, 1.54) is 63.4 Å². The minimum atomic E-state index is 0.131. The normalized spacial score (nSPS) is 27.2. The van der Waals surface area contributed by atoms with Crippen molar-refractivity contribution < 1.29 is 9.90 Å². The van der Waals surface area contributed by atoms with Crippen LogP contribution in [0.15, 0.2) is 24.3 Å². The number of phenolic OH excluding ortho intramolecular Hbond substituents is 1. The lowest BCUT2D eigenvalue weighted by atomic mass is 9.85. The average molecular weight is 442 g/mol. The lowest BCUT2D eigenvalue weighted by Crippen LogP contribution is -2.51. The molecule has 0 radical (unpaired) electrons. The Morgan fingerprint density at radius 2 is 1.88 bits per heavy atom. The molecule has 4 rings (SSSR count). The summed E-state index contributed by atoms with van der Waals surface area (Å²) < 4.78 is 0. The quantitative estimate of drug-likeness (QED) is 0.561. The molecule has 2 N–H and O–H groups in total. The van der Waals surface area contributed by atoms with Crippen molar-refractivity contribution in [2.45, 2.75) is 102 Å². The van der Waals surface area contributed by atoms with Crippen molar-refractivity contribution in [3.8, 4) is 5.75 Å². The summed E-state index contributed by atoms with van der Waals surface area (Å²) in [4.78, 5) is 17.9. The maximum absolute atomic E-state index is 13.1. The van der Waals surface area contributed by atoms with Gasteiger partial charge in [-0.25, -0.2) is 4.79 Å². The van der Waals surface area contributed by atoms with Crippen LogP contribution in [0.4, 0.5) is 4.79 Å². The highest BCUT2D eigenvalue weighted by atomic mass is 16.3. The van der Waals surface area contributed by atoms with Gasteiger partial charge in [-0.15, -0.1) is 0 Å². The topological polar surface area (TPSA) is 55.8 Å². The monoisotopic (exact) mass is 441 g/mol. The van der Waals surface area contributed by atoms with E-state index >= 15 is 0 Å². The number of nitrogens with one attached hydrogen (secondary N) is 1. The van der Waals surface area contributed by atoms with E-state index in [1.54, 1.807) is 6.07 Å². The van der Waals surface area contributed by atoms with Crippen molar-refractivity contribution in [3.63, 3.8) is 0 Å². The maximum atomic E-state index is 13.1. The van der Waals surface area contributed by atoms with Gasteiger partial charge >= 0.3 is 6.03 Å². The first-order valence-corrected chi connectivity index (χ1v) is 13.1. The molecular weight excluding hydrogens is 398 g/mol. The number of fused-ring (bicyclic) bond motifs is 2. The van der Waals surface area contributed by atoms with Crippen molar-refractivity contribution >= 4 is 6.03 Å². The van der Waals surface area contributed by atoms with Gasteiger partial charge in [0.25, 0.3) is 0 Å². The van der Waals surface area contributed by atoms with Crippen molar-refractivity contribution in [2.24, 2.45) is 5.92 Å². The maximum Gasteiger partial charge on any atom is 0.317 e. The van der Waals surface area contributed by atoms with Crippen molar-refractivity contribution in [3.05, 3.63) is 29.8 Å². The lowest BCUT2D eigenvalue weighted by Gasteiger charge is -2.40. The van der Waals surface area contributed by atoms with Gasteiger partial charge in [-0.3, -0.25) is 4.90 Å². The molecule has 32 heavy (non-hydrogen) atoms. The molecule has 1 aliphatic carbocycles. The van der Waals surface area contributed by atoms with Crippen LogP contribution in [0.5, 0.6) is 5.75 Å². The molecule has 0 spiro atoms. The molecule has 1 aromatic carbocycles. The zero-order valence-corrected chi connectivity index (χ0v) is 20.1. The molecule has 2 heterocycles. The van der Waals surface area contributed by atoms with Crippen LogP contribution in [0.1, 0.15) is 89.5 Å². The van der Waals surface area contributed by atoms with Gasteiger partial charge in [0.2, 0.25) is 0 Å². The van der Waals surface area contributed by atoms with Crippen LogP contribution in [-0.2, 0) is 0 Å². The third-order valence-electron chi connectivity index (χ3n) is 8.33. The van der Waals surface area contributed by atoms with Crippen LogP contribution in [0.25, 0.3) is 0 Å². The minimum absolute atomic E-state index is 0.131. The Bertz CT molecular complexity index is 734. The Kier molecular flexibility index (Phi) is 7.98. The number of phenols is 1. The van der Waals surface area contributed by atoms with Gasteiger partial charge in [0.15, 0.2) is 0 Å². The van der Waals surface area contributed by atoms with Crippen LogP contribution in [0, 0.1) is 5.92 Å². The number of amides is 2. The number of urea groups is 1. The fourth-order valence-electron chi connectivity index (χ4n) is 6.29. The molecule has 3 aliphatic rings. The number of benzene rings is 1. The lowest BCUT2D eigenvalue weighted by molar-refractivity contribution is 0.105. The summed E-state index contributed by atoms with van der Waals surface area (Å²) in [6.07, 6.45) is 12.4. The summed E-state index contributed by atoms with van der Waals surface area (Å²) in [5.74, 6) is 1.59. The smallest absolute Gasteiger partial charge is 0.317 e. The Morgan fingerprint density at radius 3 is 2.53 bits per heavy atom. The van der Waals surface area contributed by atoms with Crippen LogP contribution in [0.3, 0.4) is 0 Å². The molecule has 1 saturated carbocycles. The molecule has 4 atom stereocenters. The summed E-state index contributed by atoms with van der Waals surface area (Å²) in [5, 5.41) is 13.1. The highest BCUT2D eigenvalue weighted by Gasteiger charge is 2.41. The molecule has 2 bridgehead atoms. The van der Waals surface area contributed by atoms with Crippen LogP contribution < -0.4 is 5.32 Å².